The molecule has 1 atom stereocenters. The van der Waals surface area contributed by atoms with Gasteiger partial charge in [-0.05, 0) is 43.2 Å². The van der Waals surface area contributed by atoms with Crippen molar-refractivity contribution in [2.24, 2.45) is 0 Å². The number of hydrogen-bond donors (Lipinski definition) is 1. The lowest BCUT2D eigenvalue weighted by atomic mass is 10.1. The SMILES string of the molecule is CCCCCNC(=O)[C@@H](C)N(Cc1ccc(Cl)cc1)C(=O)COc1ccccc1. The molecule has 2 rings (SSSR count). The maximum atomic E-state index is 12.9. The first-order chi connectivity index (χ1) is 14.0. The summed E-state index contributed by atoms with van der Waals surface area (Å²) in [7, 11) is 0. The summed E-state index contributed by atoms with van der Waals surface area (Å²) in [4.78, 5) is 27.1. The van der Waals surface area contributed by atoms with Gasteiger partial charge in [-0.2, -0.15) is 0 Å². The van der Waals surface area contributed by atoms with Crippen LogP contribution < -0.4 is 10.1 Å². The van der Waals surface area contributed by atoms with E-state index in [2.05, 4.69) is 12.2 Å². The van der Waals surface area contributed by atoms with Crippen LogP contribution in [0.1, 0.15) is 38.7 Å². The van der Waals surface area contributed by atoms with E-state index in [1.807, 2.05) is 30.3 Å². The predicted molar refractivity (Wildman–Crippen MR) is 116 cm³/mol. The Bertz CT molecular complexity index is 765. The quantitative estimate of drug-likeness (QED) is 0.551. The summed E-state index contributed by atoms with van der Waals surface area (Å²) in [5.74, 6) is 0.201. The van der Waals surface area contributed by atoms with Crippen LogP contribution in [0.5, 0.6) is 5.75 Å². The Morgan fingerprint density at radius 1 is 1.07 bits per heavy atom. The van der Waals surface area contributed by atoms with Crippen LogP contribution in [0.15, 0.2) is 54.6 Å². The molecule has 0 saturated heterocycles. The minimum absolute atomic E-state index is 0.134. The Hall–Kier alpha value is -2.53. The van der Waals surface area contributed by atoms with Crippen molar-refractivity contribution < 1.29 is 14.3 Å². The fourth-order valence-electron chi connectivity index (χ4n) is 2.85. The summed E-state index contributed by atoms with van der Waals surface area (Å²) in [6.45, 7) is 4.64. The van der Waals surface area contributed by atoms with Crippen LogP contribution in [-0.4, -0.2) is 35.9 Å². The smallest absolute Gasteiger partial charge is 0.261 e. The van der Waals surface area contributed by atoms with Crippen molar-refractivity contribution in [2.45, 2.75) is 45.7 Å². The molecule has 0 aromatic heterocycles. The van der Waals surface area contributed by atoms with Gasteiger partial charge in [-0.25, -0.2) is 0 Å². The van der Waals surface area contributed by atoms with E-state index in [1.165, 1.54) is 0 Å². The van der Waals surface area contributed by atoms with Crippen molar-refractivity contribution in [2.75, 3.05) is 13.2 Å². The van der Waals surface area contributed by atoms with Crippen LogP contribution in [0, 0.1) is 0 Å². The largest absolute Gasteiger partial charge is 0.484 e. The normalized spacial score (nSPS) is 11.6. The monoisotopic (exact) mass is 416 g/mol. The number of hydrogen-bond acceptors (Lipinski definition) is 3. The van der Waals surface area contributed by atoms with Gasteiger partial charge in [0.15, 0.2) is 6.61 Å². The van der Waals surface area contributed by atoms with Crippen LogP contribution in [-0.2, 0) is 16.1 Å². The third-order valence-corrected chi connectivity index (χ3v) is 4.87. The molecule has 156 valence electrons. The van der Waals surface area contributed by atoms with E-state index in [9.17, 15) is 9.59 Å². The number of amides is 2. The molecule has 0 spiro atoms. The molecule has 6 heteroatoms. The van der Waals surface area contributed by atoms with E-state index >= 15 is 0 Å². The summed E-state index contributed by atoms with van der Waals surface area (Å²) in [5.41, 5.74) is 0.896. The molecule has 0 saturated carbocycles. The van der Waals surface area contributed by atoms with Gasteiger partial charge in [0.2, 0.25) is 5.91 Å². The molecule has 2 aromatic carbocycles. The van der Waals surface area contributed by atoms with E-state index in [0.29, 0.717) is 23.9 Å². The molecule has 0 bridgehead atoms. The molecule has 2 amide bonds. The molecular weight excluding hydrogens is 388 g/mol. The van der Waals surface area contributed by atoms with Crippen LogP contribution >= 0.6 is 11.6 Å². The van der Waals surface area contributed by atoms with Crippen molar-refractivity contribution in [3.63, 3.8) is 0 Å². The Morgan fingerprint density at radius 3 is 2.41 bits per heavy atom. The van der Waals surface area contributed by atoms with Crippen molar-refractivity contribution in [3.05, 3.63) is 65.2 Å². The highest BCUT2D eigenvalue weighted by molar-refractivity contribution is 6.30. The van der Waals surface area contributed by atoms with Gasteiger partial charge in [-0.15, -0.1) is 0 Å². The average Bonchev–Trinajstić information content (AvgIpc) is 2.74. The van der Waals surface area contributed by atoms with Crippen molar-refractivity contribution in [1.82, 2.24) is 10.2 Å². The first-order valence-electron chi connectivity index (χ1n) is 10.0. The zero-order valence-electron chi connectivity index (χ0n) is 17.1. The first kappa shape index (κ1) is 22.8. The van der Waals surface area contributed by atoms with Gasteiger partial charge in [-0.3, -0.25) is 9.59 Å². The van der Waals surface area contributed by atoms with Crippen LogP contribution in [0.3, 0.4) is 0 Å². The van der Waals surface area contributed by atoms with Crippen LogP contribution in [0.2, 0.25) is 5.02 Å². The minimum atomic E-state index is -0.612. The van der Waals surface area contributed by atoms with Crippen LogP contribution in [0.25, 0.3) is 0 Å². The summed E-state index contributed by atoms with van der Waals surface area (Å²) in [6.07, 6.45) is 3.08. The number of rotatable bonds is 11. The van der Waals surface area contributed by atoms with Gasteiger partial charge in [-0.1, -0.05) is 61.7 Å². The number of nitrogens with one attached hydrogen (secondary N) is 1. The van der Waals surface area contributed by atoms with Gasteiger partial charge in [0, 0.05) is 18.1 Å². The highest BCUT2D eigenvalue weighted by Gasteiger charge is 2.26. The van der Waals surface area contributed by atoms with Gasteiger partial charge in [0.1, 0.15) is 11.8 Å². The molecule has 5 nitrogen and oxygen atoms in total. The first-order valence-corrected chi connectivity index (χ1v) is 10.4. The Balaban J connectivity index is 2.05. The molecule has 1 N–H and O–H groups in total. The zero-order valence-corrected chi connectivity index (χ0v) is 17.8. The van der Waals surface area contributed by atoms with Crippen molar-refractivity contribution in [3.8, 4) is 5.75 Å². The minimum Gasteiger partial charge on any atom is -0.484 e. The number of ether oxygens (including phenoxy) is 1. The standard InChI is InChI=1S/C23H29ClN2O3/c1-3-4-8-15-25-23(28)18(2)26(16-19-11-13-20(24)14-12-19)22(27)17-29-21-9-6-5-7-10-21/h5-7,9-14,18H,3-4,8,15-17H2,1-2H3,(H,25,28)/t18-/m1/s1. The highest BCUT2D eigenvalue weighted by atomic mass is 35.5. The fraction of sp³-hybridized carbons (Fsp3) is 0.391. The summed E-state index contributed by atoms with van der Waals surface area (Å²) < 4.78 is 5.60. The highest BCUT2D eigenvalue weighted by Crippen LogP contribution is 2.15. The number of unbranched alkanes of at least 4 members (excludes halogenated alkanes) is 2. The molecule has 0 aliphatic rings. The number of halogens is 1. The zero-order chi connectivity index (χ0) is 21.1. The molecule has 0 heterocycles. The van der Waals surface area contributed by atoms with E-state index in [4.69, 9.17) is 16.3 Å². The lowest BCUT2D eigenvalue weighted by Gasteiger charge is -2.28. The summed E-state index contributed by atoms with van der Waals surface area (Å²) in [6, 6.07) is 15.8. The van der Waals surface area contributed by atoms with Gasteiger partial charge >= 0.3 is 0 Å². The molecule has 0 radical (unpaired) electrons. The Morgan fingerprint density at radius 2 is 1.76 bits per heavy atom. The number of benzene rings is 2. The van der Waals surface area contributed by atoms with Crippen molar-refractivity contribution in [1.29, 1.82) is 0 Å². The van der Waals surface area contributed by atoms with Crippen LogP contribution in [0.4, 0.5) is 0 Å². The Labute approximate surface area is 178 Å². The molecule has 0 aliphatic heterocycles. The number of carbonyl (C=O) groups is 2. The average molecular weight is 417 g/mol. The second-order valence-electron chi connectivity index (χ2n) is 6.92. The summed E-state index contributed by atoms with van der Waals surface area (Å²) >= 11 is 5.96. The second kappa shape index (κ2) is 12.1. The van der Waals surface area contributed by atoms with Gasteiger partial charge in [0.25, 0.3) is 5.91 Å². The fourth-order valence-corrected chi connectivity index (χ4v) is 2.97. The Kier molecular flexibility index (Phi) is 9.51. The predicted octanol–water partition coefficient (Wildman–Crippen LogP) is 4.44. The number of para-hydroxylation sites is 1. The van der Waals surface area contributed by atoms with E-state index in [-0.39, 0.29) is 18.4 Å². The molecule has 0 fully saturated rings. The number of carbonyl (C=O) groups excluding carboxylic acids is 2. The lowest BCUT2D eigenvalue weighted by Crippen LogP contribution is -2.49. The number of nitrogens with zero attached hydrogens (tertiary/aromatic N) is 1. The maximum absolute atomic E-state index is 12.9. The van der Waals surface area contributed by atoms with Gasteiger partial charge < -0.3 is 15.0 Å². The van der Waals surface area contributed by atoms with E-state index in [1.54, 1.807) is 36.1 Å². The molecule has 0 aliphatic carbocycles. The molecular formula is C23H29ClN2O3. The second-order valence-corrected chi connectivity index (χ2v) is 7.36. The van der Waals surface area contributed by atoms with Crippen molar-refractivity contribution >= 4 is 23.4 Å². The maximum Gasteiger partial charge on any atom is 0.261 e. The lowest BCUT2D eigenvalue weighted by molar-refractivity contribution is -0.142. The van der Waals surface area contributed by atoms with E-state index in [0.717, 1.165) is 24.8 Å². The van der Waals surface area contributed by atoms with Gasteiger partial charge in [0.05, 0.1) is 0 Å². The molecule has 29 heavy (non-hydrogen) atoms. The third kappa shape index (κ3) is 7.78. The third-order valence-electron chi connectivity index (χ3n) is 4.62. The topological polar surface area (TPSA) is 58.6 Å². The van der Waals surface area contributed by atoms with E-state index < -0.39 is 6.04 Å². The summed E-state index contributed by atoms with van der Waals surface area (Å²) in [5, 5.41) is 3.55. The molecule has 0 unspecified atom stereocenters. The molecule has 2 aromatic rings.